The first-order valence-electron chi connectivity index (χ1n) is 6.29. The largest absolute Gasteiger partial charge is 0.416 e. The van der Waals surface area contributed by atoms with Crippen LogP contribution in [0.2, 0.25) is 0 Å². The summed E-state index contributed by atoms with van der Waals surface area (Å²) in [6, 6.07) is 13.6. The van der Waals surface area contributed by atoms with Gasteiger partial charge in [-0.05, 0) is 12.1 Å². The molecular formula is C14H12ClN3O5. The Morgan fingerprint density at radius 2 is 1.26 bits per heavy atom. The highest BCUT2D eigenvalue weighted by atomic mass is 35.7. The Morgan fingerprint density at radius 1 is 0.826 bits per heavy atom. The van der Waals surface area contributed by atoms with Crippen LogP contribution < -0.4 is 23.2 Å². The SMILES string of the molecule is C[n+]1ccc(-c2nnc(-c3ccccc3)o2)cc1.[O-][Cl+3]([O-])([O-])[O-]. The molecule has 2 heterocycles. The zero-order chi connectivity index (χ0) is 16.9. The molecule has 0 amide bonds. The summed E-state index contributed by atoms with van der Waals surface area (Å²) in [7, 11) is -2.98. The van der Waals surface area contributed by atoms with Crippen molar-refractivity contribution in [1.82, 2.24) is 10.2 Å². The van der Waals surface area contributed by atoms with Gasteiger partial charge in [-0.2, -0.15) is 0 Å². The van der Waals surface area contributed by atoms with Crippen molar-refractivity contribution < 1.29 is 37.9 Å². The van der Waals surface area contributed by atoms with Crippen molar-refractivity contribution in [3.05, 3.63) is 54.9 Å². The van der Waals surface area contributed by atoms with E-state index in [9.17, 15) is 0 Å². The number of aryl methyl sites for hydroxylation is 1. The number of halogens is 1. The average Bonchev–Trinajstić information content (AvgIpc) is 2.97. The van der Waals surface area contributed by atoms with Crippen LogP contribution in [0.4, 0.5) is 0 Å². The average molecular weight is 338 g/mol. The summed E-state index contributed by atoms with van der Waals surface area (Å²) in [5, 5.41) is 8.13. The summed E-state index contributed by atoms with van der Waals surface area (Å²) in [4.78, 5) is 0. The van der Waals surface area contributed by atoms with Crippen LogP contribution >= 0.6 is 0 Å². The standard InChI is InChI=1S/C14H12N3O.ClHO4/c1-17-9-7-12(8-10-17)14-16-15-13(18-14)11-5-3-2-4-6-11;2-1(3,4)5/h2-10H,1H3;(H,2,3,4,5)/q+1;/p-1. The van der Waals surface area contributed by atoms with Gasteiger partial charge >= 0.3 is 0 Å². The van der Waals surface area contributed by atoms with E-state index in [4.69, 9.17) is 23.1 Å². The summed E-state index contributed by atoms with van der Waals surface area (Å²) < 4.78 is 41.6. The second-order valence-electron chi connectivity index (χ2n) is 4.41. The molecule has 3 aromatic rings. The van der Waals surface area contributed by atoms with E-state index in [1.54, 1.807) is 0 Å². The van der Waals surface area contributed by atoms with E-state index in [0.717, 1.165) is 11.1 Å². The Hall–Kier alpha value is -2.36. The van der Waals surface area contributed by atoms with Gasteiger partial charge in [-0.25, -0.2) is 23.2 Å². The van der Waals surface area contributed by atoms with Gasteiger partial charge in [-0.1, -0.05) is 18.2 Å². The molecule has 2 aromatic heterocycles. The van der Waals surface area contributed by atoms with Gasteiger partial charge in [0.15, 0.2) is 12.4 Å². The lowest BCUT2D eigenvalue weighted by molar-refractivity contribution is -2.00. The fraction of sp³-hybridized carbons (Fsp3) is 0.0714. The van der Waals surface area contributed by atoms with Crippen molar-refractivity contribution in [2.24, 2.45) is 7.05 Å². The highest BCUT2D eigenvalue weighted by Crippen LogP contribution is 2.22. The lowest BCUT2D eigenvalue weighted by Gasteiger charge is -2.17. The predicted octanol–water partition coefficient (Wildman–Crippen LogP) is -2.53. The van der Waals surface area contributed by atoms with Gasteiger partial charge in [0, 0.05) is 17.7 Å². The molecule has 120 valence electrons. The summed E-state index contributed by atoms with van der Waals surface area (Å²) in [5.41, 5.74) is 1.85. The van der Waals surface area contributed by atoms with Crippen LogP contribution in [0, 0.1) is 10.2 Å². The van der Waals surface area contributed by atoms with Crippen LogP contribution in [0.1, 0.15) is 0 Å². The van der Waals surface area contributed by atoms with E-state index in [-0.39, 0.29) is 0 Å². The van der Waals surface area contributed by atoms with Crippen molar-refractivity contribution in [2.75, 3.05) is 0 Å². The fourth-order valence-electron chi connectivity index (χ4n) is 1.68. The minimum absolute atomic E-state index is 0.537. The maximum absolute atomic E-state index is 8.49. The Labute approximate surface area is 133 Å². The Balaban J connectivity index is 0.000000338. The number of nitrogens with zero attached hydrogens (tertiary/aromatic N) is 3. The summed E-state index contributed by atoms with van der Waals surface area (Å²) in [5.74, 6) is 1.08. The van der Waals surface area contributed by atoms with Gasteiger partial charge < -0.3 is 4.42 Å². The molecule has 0 N–H and O–H groups in total. The number of benzene rings is 1. The third-order valence-corrected chi connectivity index (χ3v) is 2.67. The summed E-state index contributed by atoms with van der Waals surface area (Å²) in [6.45, 7) is 0. The topological polar surface area (TPSA) is 135 Å². The van der Waals surface area contributed by atoms with Crippen molar-refractivity contribution in [3.8, 4) is 22.9 Å². The van der Waals surface area contributed by atoms with Gasteiger partial charge in [-0.15, -0.1) is 20.4 Å². The Kier molecular flexibility index (Phi) is 5.37. The second-order valence-corrected chi connectivity index (χ2v) is 5.16. The first-order valence-corrected chi connectivity index (χ1v) is 7.53. The number of rotatable bonds is 2. The van der Waals surface area contributed by atoms with Crippen molar-refractivity contribution in [1.29, 1.82) is 0 Å². The lowest BCUT2D eigenvalue weighted by atomic mass is 10.2. The molecule has 23 heavy (non-hydrogen) atoms. The molecule has 0 atom stereocenters. The monoisotopic (exact) mass is 337 g/mol. The third-order valence-electron chi connectivity index (χ3n) is 2.67. The number of aromatic nitrogens is 3. The molecule has 3 rings (SSSR count). The third kappa shape index (κ3) is 5.74. The molecule has 0 bridgehead atoms. The van der Waals surface area contributed by atoms with Crippen LogP contribution in [0.15, 0.2) is 59.3 Å². The van der Waals surface area contributed by atoms with Crippen LogP contribution in [0.25, 0.3) is 22.9 Å². The number of hydrogen-bond acceptors (Lipinski definition) is 7. The first kappa shape index (κ1) is 17.0. The van der Waals surface area contributed by atoms with E-state index in [1.165, 1.54) is 0 Å². The van der Waals surface area contributed by atoms with Gasteiger partial charge in [0.1, 0.15) is 7.05 Å². The molecule has 0 aliphatic carbocycles. The van der Waals surface area contributed by atoms with Crippen LogP contribution in [0.3, 0.4) is 0 Å². The first-order chi connectivity index (χ1) is 10.8. The number of pyridine rings is 1. The quantitative estimate of drug-likeness (QED) is 0.470. The zero-order valence-electron chi connectivity index (χ0n) is 12.0. The predicted molar refractivity (Wildman–Crippen MR) is 66.3 cm³/mol. The maximum Gasteiger partial charge on any atom is 0.248 e. The van der Waals surface area contributed by atoms with Crippen LogP contribution in [-0.2, 0) is 7.05 Å². The minimum Gasteiger partial charge on any atom is -0.416 e. The van der Waals surface area contributed by atoms with E-state index >= 15 is 0 Å². The van der Waals surface area contributed by atoms with Gasteiger partial charge in [0.2, 0.25) is 11.8 Å². The van der Waals surface area contributed by atoms with E-state index in [0.29, 0.717) is 11.8 Å². The molecular weight excluding hydrogens is 326 g/mol. The summed E-state index contributed by atoms with van der Waals surface area (Å²) >= 11 is 0. The van der Waals surface area contributed by atoms with Gasteiger partial charge in [0.05, 0.1) is 5.56 Å². The molecule has 1 aromatic carbocycles. The van der Waals surface area contributed by atoms with Crippen molar-refractivity contribution in [3.63, 3.8) is 0 Å². The molecule has 0 spiro atoms. The Bertz CT molecular complexity index is 735. The van der Waals surface area contributed by atoms with E-state index in [2.05, 4.69) is 10.2 Å². The highest BCUT2D eigenvalue weighted by molar-refractivity contribution is 5.56. The highest BCUT2D eigenvalue weighted by Gasteiger charge is 2.10. The molecule has 0 radical (unpaired) electrons. The molecule has 9 heteroatoms. The number of hydrogen-bond donors (Lipinski definition) is 0. The van der Waals surface area contributed by atoms with Gasteiger partial charge in [-0.3, -0.25) is 0 Å². The molecule has 8 nitrogen and oxygen atoms in total. The lowest BCUT2D eigenvalue weighted by Crippen LogP contribution is -2.68. The van der Waals surface area contributed by atoms with Gasteiger partial charge in [0.25, 0.3) is 0 Å². The normalized spacial score (nSPS) is 10.8. The summed E-state index contributed by atoms with van der Waals surface area (Å²) in [6.07, 6.45) is 3.89. The van der Waals surface area contributed by atoms with Crippen molar-refractivity contribution >= 4 is 0 Å². The molecule has 0 saturated heterocycles. The van der Waals surface area contributed by atoms with Crippen LogP contribution in [0.5, 0.6) is 0 Å². The smallest absolute Gasteiger partial charge is 0.248 e. The molecule has 0 saturated carbocycles. The molecule has 0 unspecified atom stereocenters. The molecule has 0 aliphatic heterocycles. The van der Waals surface area contributed by atoms with E-state index in [1.807, 2.05) is 66.5 Å². The second kappa shape index (κ2) is 7.27. The maximum atomic E-state index is 8.49. The van der Waals surface area contributed by atoms with E-state index < -0.39 is 10.2 Å². The minimum atomic E-state index is -4.94. The molecule has 0 fully saturated rings. The van der Waals surface area contributed by atoms with Crippen molar-refractivity contribution in [2.45, 2.75) is 0 Å². The zero-order valence-corrected chi connectivity index (χ0v) is 12.7. The molecule has 0 aliphatic rings. The fourth-order valence-corrected chi connectivity index (χ4v) is 1.68. The Morgan fingerprint density at radius 3 is 1.74 bits per heavy atom. The van der Waals surface area contributed by atoms with Crippen LogP contribution in [-0.4, -0.2) is 10.2 Å².